The van der Waals surface area contributed by atoms with Crippen molar-refractivity contribution in [3.63, 3.8) is 0 Å². The van der Waals surface area contributed by atoms with Crippen molar-refractivity contribution in [3.05, 3.63) is 0 Å². The summed E-state index contributed by atoms with van der Waals surface area (Å²) in [6, 6.07) is 0. The number of hydrogen-bond acceptors (Lipinski definition) is 2. The third-order valence-electron chi connectivity index (χ3n) is 1.38. The van der Waals surface area contributed by atoms with E-state index in [0.29, 0.717) is 18.0 Å². The molecule has 0 bridgehead atoms. The van der Waals surface area contributed by atoms with Crippen LogP contribution in [0.2, 0.25) is 0 Å². The van der Waals surface area contributed by atoms with Gasteiger partial charge >= 0.3 is 0 Å². The minimum Gasteiger partial charge on any atom is -0.298 e. The summed E-state index contributed by atoms with van der Waals surface area (Å²) in [5, 5.41) is 0. The van der Waals surface area contributed by atoms with Crippen LogP contribution >= 0.6 is 11.8 Å². The molecule has 1 atom stereocenters. The zero-order valence-electron chi connectivity index (χ0n) is 5.09. The molecule has 1 nitrogen and oxygen atoms in total. The molecule has 1 unspecified atom stereocenters. The van der Waals surface area contributed by atoms with Crippen LogP contribution in [0.5, 0.6) is 0 Å². The second-order valence-corrected chi connectivity index (χ2v) is 3.12. The molecule has 0 saturated carbocycles. The van der Waals surface area contributed by atoms with E-state index in [-0.39, 0.29) is 5.92 Å². The first-order valence-electron chi connectivity index (χ1n) is 2.88. The number of hydrogen-bond donors (Lipinski definition) is 0. The van der Waals surface area contributed by atoms with Gasteiger partial charge in [-0.2, -0.15) is 11.8 Å². The van der Waals surface area contributed by atoms with Crippen LogP contribution in [0.1, 0.15) is 6.42 Å². The molecule has 1 fully saturated rings. The van der Waals surface area contributed by atoms with Gasteiger partial charge < -0.3 is 0 Å². The van der Waals surface area contributed by atoms with E-state index in [2.05, 4.69) is 5.92 Å². The predicted molar refractivity (Wildman–Crippen MR) is 39.3 cm³/mol. The van der Waals surface area contributed by atoms with E-state index >= 15 is 0 Å². The highest BCUT2D eigenvalue weighted by molar-refractivity contribution is 8.00. The van der Waals surface area contributed by atoms with Gasteiger partial charge in [-0.1, -0.05) is 0 Å². The summed E-state index contributed by atoms with van der Waals surface area (Å²) in [4.78, 5) is 10.8. The van der Waals surface area contributed by atoms with Gasteiger partial charge in [0.1, 0.15) is 5.78 Å². The molecule has 1 aliphatic rings. The van der Waals surface area contributed by atoms with Gasteiger partial charge in [0.05, 0.1) is 5.75 Å². The molecule has 1 rings (SSSR count). The Balaban J connectivity index is 2.42. The summed E-state index contributed by atoms with van der Waals surface area (Å²) in [7, 11) is 0. The Morgan fingerprint density at radius 1 is 1.89 bits per heavy atom. The highest BCUT2D eigenvalue weighted by Crippen LogP contribution is 2.22. The van der Waals surface area contributed by atoms with Gasteiger partial charge in [-0.3, -0.25) is 4.79 Å². The molecular weight excluding hydrogens is 132 g/mol. The van der Waals surface area contributed by atoms with Crippen LogP contribution in [0.25, 0.3) is 0 Å². The quantitative estimate of drug-likeness (QED) is 0.504. The van der Waals surface area contributed by atoms with Crippen molar-refractivity contribution in [2.45, 2.75) is 6.42 Å². The SMILES string of the molecule is C#CCC1CSCC1=O. The maximum atomic E-state index is 10.8. The monoisotopic (exact) mass is 140 g/mol. The number of ketones is 1. The van der Waals surface area contributed by atoms with Crippen molar-refractivity contribution in [3.8, 4) is 12.3 Å². The van der Waals surface area contributed by atoms with Gasteiger partial charge in [0.2, 0.25) is 0 Å². The van der Waals surface area contributed by atoms with E-state index in [4.69, 9.17) is 6.42 Å². The zero-order valence-corrected chi connectivity index (χ0v) is 5.91. The van der Waals surface area contributed by atoms with E-state index in [1.807, 2.05) is 0 Å². The van der Waals surface area contributed by atoms with E-state index in [1.165, 1.54) is 0 Å². The predicted octanol–water partition coefficient (Wildman–Crippen LogP) is 0.942. The first-order valence-corrected chi connectivity index (χ1v) is 4.04. The van der Waals surface area contributed by atoms with Crippen LogP contribution in [-0.2, 0) is 4.79 Å². The van der Waals surface area contributed by atoms with Crippen molar-refractivity contribution >= 4 is 17.5 Å². The van der Waals surface area contributed by atoms with Crippen LogP contribution in [0.3, 0.4) is 0 Å². The van der Waals surface area contributed by atoms with Crippen molar-refractivity contribution in [2.24, 2.45) is 5.92 Å². The molecule has 0 aliphatic carbocycles. The maximum absolute atomic E-state index is 10.8. The number of Topliss-reactive ketones (excluding diaryl/α,β-unsaturated/α-hetero) is 1. The molecule has 1 saturated heterocycles. The lowest BCUT2D eigenvalue weighted by molar-refractivity contribution is -0.118. The summed E-state index contributed by atoms with van der Waals surface area (Å²) in [5.41, 5.74) is 0. The fourth-order valence-electron chi connectivity index (χ4n) is 0.828. The second-order valence-electron chi connectivity index (χ2n) is 2.09. The molecule has 0 N–H and O–H groups in total. The fourth-order valence-corrected chi connectivity index (χ4v) is 1.97. The molecule has 0 radical (unpaired) electrons. The Bertz CT molecular complexity index is 157. The molecule has 9 heavy (non-hydrogen) atoms. The Morgan fingerprint density at radius 3 is 3.11 bits per heavy atom. The number of carbonyl (C=O) groups excluding carboxylic acids is 1. The first-order chi connectivity index (χ1) is 4.34. The number of carbonyl (C=O) groups is 1. The lowest BCUT2D eigenvalue weighted by atomic mass is 10.1. The van der Waals surface area contributed by atoms with E-state index in [0.717, 1.165) is 5.75 Å². The summed E-state index contributed by atoms with van der Waals surface area (Å²) in [5.74, 6) is 4.61. The summed E-state index contributed by atoms with van der Waals surface area (Å²) >= 11 is 1.69. The summed E-state index contributed by atoms with van der Waals surface area (Å²) in [6.07, 6.45) is 5.69. The van der Waals surface area contributed by atoms with Crippen LogP contribution in [0.15, 0.2) is 0 Å². The number of thioether (sulfide) groups is 1. The normalized spacial score (nSPS) is 26.1. The van der Waals surface area contributed by atoms with Crippen molar-refractivity contribution in [1.29, 1.82) is 0 Å². The lowest BCUT2D eigenvalue weighted by Crippen LogP contribution is -2.09. The molecule has 0 aromatic heterocycles. The standard InChI is InChI=1S/C7H8OS/c1-2-3-6-4-9-5-7(6)8/h1,6H,3-5H2. The van der Waals surface area contributed by atoms with Gasteiger partial charge in [0.15, 0.2) is 0 Å². The molecule has 1 heterocycles. The van der Waals surface area contributed by atoms with Crippen LogP contribution in [0, 0.1) is 18.3 Å². The topological polar surface area (TPSA) is 17.1 Å². The lowest BCUT2D eigenvalue weighted by Gasteiger charge is -1.97. The largest absolute Gasteiger partial charge is 0.298 e. The molecule has 0 aromatic rings. The number of rotatable bonds is 1. The van der Waals surface area contributed by atoms with Crippen LogP contribution < -0.4 is 0 Å². The first kappa shape index (κ1) is 6.70. The van der Waals surface area contributed by atoms with Crippen molar-refractivity contribution < 1.29 is 4.79 Å². The van der Waals surface area contributed by atoms with E-state index < -0.39 is 0 Å². The summed E-state index contributed by atoms with van der Waals surface area (Å²) in [6.45, 7) is 0. The Hall–Kier alpha value is -0.420. The molecule has 48 valence electrons. The summed E-state index contributed by atoms with van der Waals surface area (Å²) < 4.78 is 0. The third-order valence-corrected chi connectivity index (χ3v) is 2.51. The fraction of sp³-hybridized carbons (Fsp3) is 0.571. The Kier molecular flexibility index (Phi) is 2.18. The maximum Gasteiger partial charge on any atom is 0.147 e. The Morgan fingerprint density at radius 2 is 2.67 bits per heavy atom. The van der Waals surface area contributed by atoms with E-state index in [1.54, 1.807) is 11.8 Å². The van der Waals surface area contributed by atoms with E-state index in [9.17, 15) is 4.79 Å². The van der Waals surface area contributed by atoms with Gasteiger partial charge in [-0.25, -0.2) is 0 Å². The average molecular weight is 140 g/mol. The smallest absolute Gasteiger partial charge is 0.147 e. The van der Waals surface area contributed by atoms with Crippen LogP contribution in [-0.4, -0.2) is 17.3 Å². The molecular formula is C7H8OS. The average Bonchev–Trinajstić information content (AvgIpc) is 2.18. The zero-order chi connectivity index (χ0) is 6.69. The van der Waals surface area contributed by atoms with Gasteiger partial charge in [0.25, 0.3) is 0 Å². The molecule has 1 aliphatic heterocycles. The minimum atomic E-state index is 0.167. The molecule has 0 amide bonds. The minimum absolute atomic E-state index is 0.167. The van der Waals surface area contributed by atoms with Gasteiger partial charge in [-0.05, 0) is 0 Å². The third kappa shape index (κ3) is 1.49. The highest BCUT2D eigenvalue weighted by atomic mass is 32.2. The van der Waals surface area contributed by atoms with Gasteiger partial charge in [0, 0.05) is 18.1 Å². The second kappa shape index (κ2) is 2.93. The molecule has 0 aromatic carbocycles. The van der Waals surface area contributed by atoms with Gasteiger partial charge in [-0.15, -0.1) is 12.3 Å². The Labute approximate surface area is 59.2 Å². The van der Waals surface area contributed by atoms with Crippen molar-refractivity contribution in [1.82, 2.24) is 0 Å². The molecule has 2 heteroatoms. The van der Waals surface area contributed by atoms with Crippen molar-refractivity contribution in [2.75, 3.05) is 11.5 Å². The highest BCUT2D eigenvalue weighted by Gasteiger charge is 2.23. The molecule has 0 spiro atoms. The number of terminal acetylenes is 1. The van der Waals surface area contributed by atoms with Crippen LogP contribution in [0.4, 0.5) is 0 Å².